The number of nitrogens with zero attached hydrogens (tertiary/aromatic N) is 1. The van der Waals surface area contributed by atoms with E-state index in [1.165, 1.54) is 13.3 Å². The van der Waals surface area contributed by atoms with Crippen molar-refractivity contribution in [1.82, 2.24) is 5.32 Å². The highest BCUT2D eigenvalue weighted by molar-refractivity contribution is 6.30. The third-order valence-corrected chi connectivity index (χ3v) is 2.76. The third-order valence-electron chi connectivity index (χ3n) is 2.53. The topological polar surface area (TPSA) is 74.1 Å². The Bertz CT molecular complexity index is 550. The lowest BCUT2D eigenvalue weighted by atomic mass is 10.2. The second kappa shape index (κ2) is 8.20. The van der Waals surface area contributed by atoms with Crippen LogP contribution in [-0.2, 0) is 9.53 Å². The van der Waals surface area contributed by atoms with Crippen LogP contribution < -0.4 is 10.6 Å². The summed E-state index contributed by atoms with van der Waals surface area (Å²) in [4.78, 5) is 11.7. The summed E-state index contributed by atoms with van der Waals surface area (Å²) in [6.07, 6.45) is 1.36. The molecule has 0 radical (unpaired) electrons. The van der Waals surface area contributed by atoms with Crippen molar-refractivity contribution in [3.8, 4) is 6.07 Å². The van der Waals surface area contributed by atoms with E-state index in [1.807, 2.05) is 19.1 Å². The van der Waals surface area contributed by atoms with Crippen LogP contribution in [0, 0.1) is 18.3 Å². The number of methoxy groups -OCH3 is 1. The second-order valence-corrected chi connectivity index (χ2v) is 4.46. The molecule has 1 rings (SSSR count). The van der Waals surface area contributed by atoms with Crippen molar-refractivity contribution in [1.29, 1.82) is 5.26 Å². The van der Waals surface area contributed by atoms with Gasteiger partial charge in [-0.25, -0.2) is 0 Å². The Labute approximate surface area is 123 Å². The second-order valence-electron chi connectivity index (χ2n) is 4.02. The first kappa shape index (κ1) is 16.0. The maximum Gasteiger partial charge on any atom is 0.263 e. The molecular weight excluding hydrogens is 278 g/mol. The molecule has 0 bridgehead atoms. The minimum atomic E-state index is -0.447. The average Bonchev–Trinajstić information content (AvgIpc) is 2.43. The summed E-state index contributed by atoms with van der Waals surface area (Å²) in [5.41, 5.74) is 1.69. The minimum absolute atomic E-state index is 0.0134. The number of carbonyl (C=O) groups is 1. The van der Waals surface area contributed by atoms with E-state index in [-0.39, 0.29) is 5.57 Å². The van der Waals surface area contributed by atoms with Crippen LogP contribution in [0.4, 0.5) is 5.69 Å². The van der Waals surface area contributed by atoms with Gasteiger partial charge in [0.05, 0.1) is 6.61 Å². The summed E-state index contributed by atoms with van der Waals surface area (Å²) in [6, 6.07) is 7.20. The van der Waals surface area contributed by atoms with Crippen molar-refractivity contribution in [3.63, 3.8) is 0 Å². The molecule has 1 amide bonds. The molecule has 0 saturated heterocycles. The first-order valence-corrected chi connectivity index (χ1v) is 6.36. The molecule has 0 unspecified atom stereocenters. The summed E-state index contributed by atoms with van der Waals surface area (Å²) >= 11 is 5.89. The number of hydrogen-bond donors (Lipinski definition) is 2. The summed E-state index contributed by atoms with van der Waals surface area (Å²) in [7, 11) is 1.54. The number of hydrogen-bond acceptors (Lipinski definition) is 4. The lowest BCUT2D eigenvalue weighted by Gasteiger charge is -2.07. The molecule has 0 aliphatic rings. The molecule has 0 heterocycles. The number of rotatable bonds is 6. The fourth-order valence-electron chi connectivity index (χ4n) is 1.41. The summed E-state index contributed by atoms with van der Waals surface area (Å²) in [6.45, 7) is 2.65. The predicted octanol–water partition coefficient (Wildman–Crippen LogP) is 2.23. The molecule has 0 spiro atoms. The predicted molar refractivity (Wildman–Crippen MR) is 78.4 cm³/mol. The van der Waals surface area contributed by atoms with Crippen LogP contribution in [0.3, 0.4) is 0 Å². The van der Waals surface area contributed by atoms with Crippen molar-refractivity contribution in [2.45, 2.75) is 6.92 Å². The van der Waals surface area contributed by atoms with E-state index in [1.54, 1.807) is 12.1 Å². The zero-order valence-corrected chi connectivity index (χ0v) is 12.1. The zero-order valence-electron chi connectivity index (χ0n) is 11.4. The molecule has 106 valence electrons. The first-order chi connectivity index (χ1) is 9.58. The van der Waals surface area contributed by atoms with Gasteiger partial charge in [0.1, 0.15) is 11.6 Å². The molecular formula is C14H16ClN3O2. The Kier molecular flexibility index (Phi) is 6.57. The Balaban J connectivity index is 2.73. The van der Waals surface area contributed by atoms with E-state index >= 15 is 0 Å². The van der Waals surface area contributed by atoms with Gasteiger partial charge in [-0.3, -0.25) is 4.79 Å². The van der Waals surface area contributed by atoms with E-state index < -0.39 is 5.91 Å². The molecule has 2 N–H and O–H groups in total. The molecule has 0 saturated carbocycles. The Morgan fingerprint density at radius 3 is 2.95 bits per heavy atom. The van der Waals surface area contributed by atoms with Gasteiger partial charge in [0.25, 0.3) is 5.91 Å². The quantitative estimate of drug-likeness (QED) is 0.479. The Hall–Kier alpha value is -2.03. The molecule has 0 aliphatic heterocycles. The van der Waals surface area contributed by atoms with Gasteiger partial charge in [-0.1, -0.05) is 17.7 Å². The van der Waals surface area contributed by atoms with Gasteiger partial charge < -0.3 is 15.4 Å². The van der Waals surface area contributed by atoms with Crippen molar-refractivity contribution in [2.75, 3.05) is 25.6 Å². The maximum absolute atomic E-state index is 11.7. The van der Waals surface area contributed by atoms with E-state index in [9.17, 15) is 4.79 Å². The lowest BCUT2D eigenvalue weighted by molar-refractivity contribution is -0.117. The number of amides is 1. The number of nitriles is 1. The zero-order chi connectivity index (χ0) is 15.0. The Morgan fingerprint density at radius 1 is 1.55 bits per heavy atom. The van der Waals surface area contributed by atoms with Crippen molar-refractivity contribution in [3.05, 3.63) is 40.6 Å². The molecule has 0 atom stereocenters. The molecule has 20 heavy (non-hydrogen) atoms. The normalized spacial score (nSPS) is 10.8. The molecule has 6 heteroatoms. The standard InChI is InChI=1S/C14H16ClN3O2/c1-10-3-4-12(15)7-13(10)18-9-11(8-16)14(19)17-5-6-20-2/h3-4,7,9,18H,5-6H2,1-2H3,(H,17,19)/b11-9-. The van der Waals surface area contributed by atoms with Crippen LogP contribution in [0.25, 0.3) is 0 Å². The van der Waals surface area contributed by atoms with Crippen LogP contribution >= 0.6 is 11.6 Å². The van der Waals surface area contributed by atoms with Crippen LogP contribution in [-0.4, -0.2) is 26.2 Å². The number of aryl methyl sites for hydroxylation is 1. The Morgan fingerprint density at radius 2 is 2.30 bits per heavy atom. The largest absolute Gasteiger partial charge is 0.383 e. The van der Waals surface area contributed by atoms with Crippen LogP contribution in [0.2, 0.25) is 5.02 Å². The number of ether oxygens (including phenoxy) is 1. The number of anilines is 1. The number of benzene rings is 1. The van der Waals surface area contributed by atoms with Gasteiger partial charge in [-0.05, 0) is 24.6 Å². The number of halogens is 1. The molecule has 1 aromatic carbocycles. The smallest absolute Gasteiger partial charge is 0.263 e. The van der Waals surface area contributed by atoms with Gasteiger partial charge in [0.2, 0.25) is 0 Å². The highest BCUT2D eigenvalue weighted by Crippen LogP contribution is 2.20. The average molecular weight is 294 g/mol. The number of carbonyl (C=O) groups excluding carboxylic acids is 1. The van der Waals surface area contributed by atoms with Crippen molar-refractivity contribution >= 4 is 23.2 Å². The lowest BCUT2D eigenvalue weighted by Crippen LogP contribution is -2.28. The van der Waals surface area contributed by atoms with Gasteiger partial charge in [-0.2, -0.15) is 5.26 Å². The summed E-state index contributed by atoms with van der Waals surface area (Å²) in [5, 5.41) is 15.0. The molecule has 0 aromatic heterocycles. The minimum Gasteiger partial charge on any atom is -0.383 e. The fraction of sp³-hybridized carbons (Fsp3) is 0.286. The molecule has 1 aromatic rings. The summed E-state index contributed by atoms with van der Waals surface area (Å²) in [5.74, 6) is -0.447. The first-order valence-electron chi connectivity index (χ1n) is 5.98. The monoisotopic (exact) mass is 293 g/mol. The molecule has 0 aliphatic carbocycles. The molecule has 0 fully saturated rings. The van der Waals surface area contributed by atoms with Gasteiger partial charge in [0.15, 0.2) is 0 Å². The van der Waals surface area contributed by atoms with E-state index in [0.717, 1.165) is 11.3 Å². The highest BCUT2D eigenvalue weighted by atomic mass is 35.5. The SMILES string of the molecule is COCCNC(=O)/C(C#N)=C\Nc1cc(Cl)ccc1C. The van der Waals surface area contributed by atoms with Crippen molar-refractivity contribution < 1.29 is 9.53 Å². The van der Waals surface area contributed by atoms with Gasteiger partial charge in [-0.15, -0.1) is 0 Å². The van der Waals surface area contributed by atoms with Crippen LogP contribution in [0.1, 0.15) is 5.56 Å². The van der Waals surface area contributed by atoms with Gasteiger partial charge >= 0.3 is 0 Å². The van der Waals surface area contributed by atoms with Gasteiger partial charge in [0, 0.05) is 30.6 Å². The van der Waals surface area contributed by atoms with E-state index in [0.29, 0.717) is 18.2 Å². The maximum atomic E-state index is 11.7. The van der Waals surface area contributed by atoms with Crippen LogP contribution in [0.5, 0.6) is 0 Å². The fourth-order valence-corrected chi connectivity index (χ4v) is 1.58. The van der Waals surface area contributed by atoms with E-state index in [2.05, 4.69) is 10.6 Å². The highest BCUT2D eigenvalue weighted by Gasteiger charge is 2.08. The summed E-state index contributed by atoms with van der Waals surface area (Å²) < 4.78 is 4.82. The van der Waals surface area contributed by atoms with Crippen molar-refractivity contribution in [2.24, 2.45) is 0 Å². The van der Waals surface area contributed by atoms with Crippen LogP contribution in [0.15, 0.2) is 30.0 Å². The third kappa shape index (κ3) is 4.92. The number of nitrogens with one attached hydrogen (secondary N) is 2. The van der Waals surface area contributed by atoms with E-state index in [4.69, 9.17) is 21.6 Å². The molecule has 5 nitrogen and oxygen atoms in total.